The van der Waals surface area contributed by atoms with Crippen LogP contribution in [0.3, 0.4) is 0 Å². The predicted octanol–water partition coefficient (Wildman–Crippen LogP) is 2.04. The molecule has 0 amide bonds. The summed E-state index contributed by atoms with van der Waals surface area (Å²) in [4.78, 5) is 11.4. The van der Waals surface area contributed by atoms with E-state index in [1.54, 1.807) is 0 Å². The number of rotatable bonds is 6. The Balaban J connectivity index is 1.81. The third-order valence-electron chi connectivity index (χ3n) is 4.25. The van der Waals surface area contributed by atoms with Gasteiger partial charge in [-0.05, 0) is 49.3 Å². The van der Waals surface area contributed by atoms with Gasteiger partial charge in [-0.1, -0.05) is 24.3 Å². The molecule has 0 aromatic heterocycles. The first-order chi connectivity index (χ1) is 10.2. The van der Waals surface area contributed by atoms with Gasteiger partial charge in [0.05, 0.1) is 19.6 Å². The van der Waals surface area contributed by atoms with Crippen LogP contribution in [-0.4, -0.2) is 30.8 Å². The zero-order chi connectivity index (χ0) is 15.1. The van der Waals surface area contributed by atoms with E-state index in [0.717, 1.165) is 49.9 Å². The minimum atomic E-state index is -0.205. The van der Waals surface area contributed by atoms with Crippen molar-refractivity contribution in [3.63, 3.8) is 0 Å². The zero-order valence-corrected chi connectivity index (χ0v) is 12.7. The van der Waals surface area contributed by atoms with Crippen LogP contribution in [0.5, 0.6) is 0 Å². The summed E-state index contributed by atoms with van der Waals surface area (Å²) in [6, 6.07) is 7.97. The van der Waals surface area contributed by atoms with Crippen LogP contribution >= 0.6 is 0 Å². The fraction of sp³-hybridized carbons (Fsp3) is 0.588. The van der Waals surface area contributed by atoms with E-state index in [1.165, 1.54) is 7.11 Å². The largest absolute Gasteiger partial charge is 0.469 e. The highest BCUT2D eigenvalue weighted by atomic mass is 16.5. The molecule has 0 atom stereocenters. The van der Waals surface area contributed by atoms with E-state index in [1.807, 2.05) is 18.2 Å². The number of nitrogens with one attached hydrogen (secondary N) is 1. The summed E-state index contributed by atoms with van der Waals surface area (Å²) < 4.78 is 4.74. The van der Waals surface area contributed by atoms with Gasteiger partial charge in [-0.25, -0.2) is 0 Å². The normalized spacial score (nSPS) is 22.0. The zero-order valence-electron chi connectivity index (χ0n) is 12.7. The number of hydrogen-bond acceptors (Lipinski definition) is 4. The lowest BCUT2D eigenvalue weighted by molar-refractivity contribution is -0.139. The smallest absolute Gasteiger partial charge is 0.309 e. The van der Waals surface area contributed by atoms with Gasteiger partial charge in [-0.2, -0.15) is 0 Å². The molecule has 21 heavy (non-hydrogen) atoms. The number of aliphatic hydroxyl groups excluding tert-OH is 1. The minimum Gasteiger partial charge on any atom is -0.469 e. The SMILES string of the molecule is COC(=O)Cc1ccccc1CNCC1CCC(O)CC1. The van der Waals surface area contributed by atoms with Crippen molar-refractivity contribution < 1.29 is 14.6 Å². The molecular formula is C17H25NO3. The van der Waals surface area contributed by atoms with Crippen LogP contribution in [0.25, 0.3) is 0 Å². The monoisotopic (exact) mass is 291 g/mol. The molecule has 0 spiro atoms. The molecule has 1 aromatic carbocycles. The molecule has 4 nitrogen and oxygen atoms in total. The maximum atomic E-state index is 11.4. The summed E-state index contributed by atoms with van der Waals surface area (Å²) >= 11 is 0. The Labute approximate surface area is 126 Å². The van der Waals surface area contributed by atoms with Crippen molar-refractivity contribution in [3.05, 3.63) is 35.4 Å². The Morgan fingerprint density at radius 2 is 1.90 bits per heavy atom. The number of aliphatic hydroxyl groups is 1. The van der Waals surface area contributed by atoms with Crippen LogP contribution in [-0.2, 0) is 22.5 Å². The van der Waals surface area contributed by atoms with Gasteiger partial charge in [-0.3, -0.25) is 4.79 Å². The lowest BCUT2D eigenvalue weighted by atomic mass is 9.87. The number of ether oxygens (including phenoxy) is 1. The van der Waals surface area contributed by atoms with Crippen LogP contribution < -0.4 is 5.32 Å². The first-order valence-electron chi connectivity index (χ1n) is 7.71. The molecule has 0 bridgehead atoms. The Hall–Kier alpha value is -1.39. The van der Waals surface area contributed by atoms with Gasteiger partial charge < -0.3 is 15.2 Å². The van der Waals surface area contributed by atoms with Gasteiger partial charge in [-0.15, -0.1) is 0 Å². The first-order valence-corrected chi connectivity index (χ1v) is 7.71. The van der Waals surface area contributed by atoms with Crippen LogP contribution in [0.1, 0.15) is 36.8 Å². The van der Waals surface area contributed by atoms with Crippen molar-refractivity contribution in [3.8, 4) is 0 Å². The third kappa shape index (κ3) is 5.14. The number of esters is 1. The second-order valence-corrected chi connectivity index (χ2v) is 5.83. The van der Waals surface area contributed by atoms with Crippen molar-refractivity contribution >= 4 is 5.97 Å². The van der Waals surface area contributed by atoms with Crippen LogP contribution in [0, 0.1) is 5.92 Å². The van der Waals surface area contributed by atoms with Crippen molar-refractivity contribution in [1.29, 1.82) is 0 Å². The molecule has 1 fully saturated rings. The Kier molecular flexibility index (Phi) is 6.21. The lowest BCUT2D eigenvalue weighted by Crippen LogP contribution is -2.28. The molecule has 0 radical (unpaired) electrons. The standard InChI is InChI=1S/C17H25NO3/c1-21-17(20)10-14-4-2-3-5-15(14)12-18-11-13-6-8-16(19)9-7-13/h2-5,13,16,18-19H,6-12H2,1H3. The summed E-state index contributed by atoms with van der Waals surface area (Å²) in [5.74, 6) is 0.449. The maximum Gasteiger partial charge on any atom is 0.309 e. The van der Waals surface area contributed by atoms with E-state index in [0.29, 0.717) is 12.3 Å². The maximum absolute atomic E-state index is 11.4. The molecule has 1 aliphatic carbocycles. The average molecular weight is 291 g/mol. The van der Waals surface area contributed by atoms with E-state index in [9.17, 15) is 9.90 Å². The van der Waals surface area contributed by atoms with E-state index < -0.39 is 0 Å². The van der Waals surface area contributed by atoms with E-state index in [2.05, 4.69) is 11.4 Å². The summed E-state index contributed by atoms with van der Waals surface area (Å²) in [7, 11) is 1.42. The van der Waals surface area contributed by atoms with Crippen molar-refractivity contribution in [2.24, 2.45) is 5.92 Å². The fourth-order valence-corrected chi connectivity index (χ4v) is 2.89. The molecule has 0 unspecified atom stereocenters. The average Bonchev–Trinajstić information content (AvgIpc) is 2.51. The molecule has 4 heteroatoms. The second kappa shape index (κ2) is 8.15. The highest BCUT2D eigenvalue weighted by molar-refractivity contribution is 5.72. The fourth-order valence-electron chi connectivity index (χ4n) is 2.89. The molecule has 0 heterocycles. The lowest BCUT2D eigenvalue weighted by Gasteiger charge is -2.25. The number of benzene rings is 1. The van der Waals surface area contributed by atoms with Gasteiger partial charge in [0.1, 0.15) is 0 Å². The second-order valence-electron chi connectivity index (χ2n) is 5.83. The predicted molar refractivity (Wildman–Crippen MR) is 81.8 cm³/mol. The topological polar surface area (TPSA) is 58.6 Å². The van der Waals surface area contributed by atoms with Crippen molar-refractivity contribution in [1.82, 2.24) is 5.32 Å². The summed E-state index contributed by atoms with van der Waals surface area (Å²) in [6.07, 6.45) is 4.26. The molecule has 2 N–H and O–H groups in total. The number of methoxy groups -OCH3 is 1. The van der Waals surface area contributed by atoms with Crippen LogP contribution in [0.15, 0.2) is 24.3 Å². The summed E-state index contributed by atoms with van der Waals surface area (Å²) in [5, 5.41) is 13.0. The Morgan fingerprint density at radius 3 is 2.57 bits per heavy atom. The molecule has 116 valence electrons. The number of carbonyl (C=O) groups excluding carboxylic acids is 1. The van der Waals surface area contributed by atoms with Gasteiger partial charge in [0.25, 0.3) is 0 Å². The number of carbonyl (C=O) groups is 1. The highest BCUT2D eigenvalue weighted by Gasteiger charge is 2.18. The Morgan fingerprint density at radius 1 is 1.24 bits per heavy atom. The van der Waals surface area contributed by atoms with E-state index in [-0.39, 0.29) is 12.1 Å². The molecule has 2 rings (SSSR count). The van der Waals surface area contributed by atoms with E-state index in [4.69, 9.17) is 4.74 Å². The third-order valence-corrected chi connectivity index (χ3v) is 4.25. The van der Waals surface area contributed by atoms with E-state index >= 15 is 0 Å². The van der Waals surface area contributed by atoms with Gasteiger partial charge >= 0.3 is 5.97 Å². The highest BCUT2D eigenvalue weighted by Crippen LogP contribution is 2.23. The number of hydrogen-bond donors (Lipinski definition) is 2. The minimum absolute atomic E-state index is 0.0953. The van der Waals surface area contributed by atoms with Crippen LogP contribution in [0.2, 0.25) is 0 Å². The van der Waals surface area contributed by atoms with Crippen LogP contribution in [0.4, 0.5) is 0 Å². The molecular weight excluding hydrogens is 266 g/mol. The van der Waals surface area contributed by atoms with Gasteiger partial charge in [0.2, 0.25) is 0 Å². The van der Waals surface area contributed by atoms with Gasteiger partial charge in [0.15, 0.2) is 0 Å². The molecule has 1 saturated carbocycles. The first kappa shape index (κ1) is 16.0. The quantitative estimate of drug-likeness (QED) is 0.788. The van der Waals surface area contributed by atoms with Gasteiger partial charge in [0, 0.05) is 6.54 Å². The summed E-state index contributed by atoms with van der Waals surface area (Å²) in [5.41, 5.74) is 2.18. The Bertz CT molecular complexity index is 453. The van der Waals surface area contributed by atoms with Crippen molar-refractivity contribution in [2.45, 2.75) is 44.8 Å². The molecule has 0 saturated heterocycles. The molecule has 1 aromatic rings. The molecule has 1 aliphatic rings. The van der Waals surface area contributed by atoms with Crippen molar-refractivity contribution in [2.75, 3.05) is 13.7 Å². The molecule has 0 aliphatic heterocycles. The summed E-state index contributed by atoms with van der Waals surface area (Å²) in [6.45, 7) is 1.74.